The van der Waals surface area contributed by atoms with Gasteiger partial charge in [-0.25, -0.2) is 4.79 Å². The molecule has 0 heterocycles. The zero-order valence-corrected chi connectivity index (χ0v) is 10.8. The Labute approximate surface area is 103 Å². The van der Waals surface area contributed by atoms with Gasteiger partial charge in [0.2, 0.25) is 0 Å². The molecule has 0 saturated carbocycles. The van der Waals surface area contributed by atoms with E-state index in [1.807, 2.05) is 0 Å². The van der Waals surface area contributed by atoms with Crippen LogP contribution >= 0.6 is 0 Å². The second kappa shape index (κ2) is 9.93. The Morgan fingerprint density at radius 2 is 1.71 bits per heavy atom. The smallest absolute Gasteiger partial charge is 0.314 e. The molecule has 0 aliphatic rings. The standard InChI is InChI=1S/C12H24N2O3/c1-10(2)7-9-14-12(17)13-8-5-3-4-6-11(15)16/h10H,3-9H2,1-2H3,(H,15,16)(H2,13,14,17). The number of carbonyl (C=O) groups is 2. The minimum atomic E-state index is -0.760. The van der Waals surface area contributed by atoms with Crippen LogP contribution in [0.2, 0.25) is 0 Å². The van der Waals surface area contributed by atoms with Crippen LogP contribution in [0.25, 0.3) is 0 Å². The van der Waals surface area contributed by atoms with Gasteiger partial charge in [-0.2, -0.15) is 0 Å². The van der Waals surface area contributed by atoms with E-state index in [0.29, 0.717) is 25.4 Å². The van der Waals surface area contributed by atoms with Crippen LogP contribution in [0.5, 0.6) is 0 Å². The number of carboxylic acids is 1. The zero-order valence-electron chi connectivity index (χ0n) is 10.8. The van der Waals surface area contributed by atoms with Gasteiger partial charge in [0.1, 0.15) is 0 Å². The van der Waals surface area contributed by atoms with Gasteiger partial charge >= 0.3 is 12.0 Å². The molecule has 0 aromatic carbocycles. The van der Waals surface area contributed by atoms with Gasteiger partial charge in [-0.1, -0.05) is 20.3 Å². The second-order valence-corrected chi connectivity index (χ2v) is 4.57. The number of aliphatic carboxylic acids is 1. The largest absolute Gasteiger partial charge is 0.481 e. The minimum absolute atomic E-state index is 0.135. The van der Waals surface area contributed by atoms with Gasteiger partial charge in [-0.05, 0) is 25.2 Å². The van der Waals surface area contributed by atoms with E-state index in [9.17, 15) is 9.59 Å². The van der Waals surface area contributed by atoms with Gasteiger partial charge < -0.3 is 15.7 Å². The average molecular weight is 244 g/mol. The first kappa shape index (κ1) is 15.7. The summed E-state index contributed by atoms with van der Waals surface area (Å²) in [6.45, 7) is 5.53. The molecule has 0 unspecified atom stereocenters. The fourth-order valence-electron chi connectivity index (χ4n) is 1.32. The number of unbranched alkanes of at least 4 members (excludes halogenated alkanes) is 2. The lowest BCUT2D eigenvalue weighted by atomic mass is 10.1. The first-order chi connectivity index (χ1) is 8.02. The van der Waals surface area contributed by atoms with Crippen LogP contribution in [0.3, 0.4) is 0 Å². The van der Waals surface area contributed by atoms with Gasteiger partial charge in [0.25, 0.3) is 0 Å². The molecule has 17 heavy (non-hydrogen) atoms. The third-order valence-electron chi connectivity index (χ3n) is 2.36. The number of amides is 2. The Bertz CT molecular complexity index is 230. The molecule has 0 bridgehead atoms. The van der Waals surface area contributed by atoms with Crippen molar-refractivity contribution in [3.8, 4) is 0 Å². The van der Waals surface area contributed by atoms with E-state index in [1.165, 1.54) is 0 Å². The highest BCUT2D eigenvalue weighted by Gasteiger charge is 2.00. The third-order valence-corrected chi connectivity index (χ3v) is 2.36. The predicted octanol–water partition coefficient (Wildman–Crippen LogP) is 1.98. The molecule has 5 nitrogen and oxygen atoms in total. The molecule has 0 atom stereocenters. The van der Waals surface area contributed by atoms with E-state index in [4.69, 9.17) is 5.11 Å². The second-order valence-electron chi connectivity index (χ2n) is 4.57. The van der Waals surface area contributed by atoms with Crippen LogP contribution in [-0.2, 0) is 4.79 Å². The molecule has 0 spiro atoms. The molecule has 2 amide bonds. The Kier molecular flexibility index (Phi) is 9.19. The van der Waals surface area contributed by atoms with Crippen LogP contribution < -0.4 is 10.6 Å². The fraction of sp³-hybridized carbons (Fsp3) is 0.833. The van der Waals surface area contributed by atoms with Gasteiger partial charge in [-0.15, -0.1) is 0 Å². The van der Waals surface area contributed by atoms with Gasteiger partial charge in [-0.3, -0.25) is 4.79 Å². The molecule has 0 aromatic rings. The highest BCUT2D eigenvalue weighted by atomic mass is 16.4. The zero-order chi connectivity index (χ0) is 13.1. The van der Waals surface area contributed by atoms with Crippen LogP contribution in [0.4, 0.5) is 4.79 Å². The van der Waals surface area contributed by atoms with Crippen molar-refractivity contribution in [2.75, 3.05) is 13.1 Å². The quantitative estimate of drug-likeness (QED) is 0.543. The van der Waals surface area contributed by atoms with Crippen molar-refractivity contribution in [3.63, 3.8) is 0 Å². The van der Waals surface area contributed by atoms with Gasteiger partial charge in [0.05, 0.1) is 0 Å². The van der Waals surface area contributed by atoms with E-state index >= 15 is 0 Å². The monoisotopic (exact) mass is 244 g/mol. The molecule has 0 aliphatic carbocycles. The number of hydrogen-bond donors (Lipinski definition) is 3. The Morgan fingerprint density at radius 1 is 1.06 bits per heavy atom. The maximum Gasteiger partial charge on any atom is 0.314 e. The number of rotatable bonds is 9. The summed E-state index contributed by atoms with van der Waals surface area (Å²) in [5, 5.41) is 13.9. The molecule has 5 heteroatoms. The lowest BCUT2D eigenvalue weighted by Crippen LogP contribution is -2.36. The van der Waals surface area contributed by atoms with Crippen LogP contribution in [-0.4, -0.2) is 30.2 Å². The van der Waals surface area contributed by atoms with Crippen molar-refractivity contribution < 1.29 is 14.7 Å². The van der Waals surface area contributed by atoms with Crippen LogP contribution in [0.1, 0.15) is 46.0 Å². The number of urea groups is 1. The summed E-state index contributed by atoms with van der Waals surface area (Å²) in [4.78, 5) is 21.5. The lowest BCUT2D eigenvalue weighted by Gasteiger charge is -2.08. The van der Waals surface area contributed by atoms with Crippen molar-refractivity contribution in [1.82, 2.24) is 10.6 Å². The third kappa shape index (κ3) is 12.7. The normalized spacial score (nSPS) is 10.3. The van der Waals surface area contributed by atoms with E-state index in [2.05, 4.69) is 24.5 Å². The molecule has 0 aromatic heterocycles. The summed E-state index contributed by atoms with van der Waals surface area (Å²) in [7, 11) is 0. The van der Waals surface area contributed by atoms with E-state index in [0.717, 1.165) is 19.3 Å². The van der Waals surface area contributed by atoms with Crippen molar-refractivity contribution in [3.05, 3.63) is 0 Å². The summed E-state index contributed by atoms with van der Waals surface area (Å²) in [6.07, 6.45) is 3.52. The summed E-state index contributed by atoms with van der Waals surface area (Å²) < 4.78 is 0. The van der Waals surface area contributed by atoms with Crippen molar-refractivity contribution in [1.29, 1.82) is 0 Å². The molecule has 100 valence electrons. The highest BCUT2D eigenvalue weighted by molar-refractivity contribution is 5.73. The first-order valence-electron chi connectivity index (χ1n) is 6.26. The minimum Gasteiger partial charge on any atom is -0.481 e. The SMILES string of the molecule is CC(C)CCNC(=O)NCCCCCC(=O)O. The van der Waals surface area contributed by atoms with E-state index in [1.54, 1.807) is 0 Å². The number of carboxylic acid groups (broad SMARTS) is 1. The Balaban J connectivity index is 3.24. The van der Waals surface area contributed by atoms with Crippen molar-refractivity contribution in [2.24, 2.45) is 5.92 Å². The van der Waals surface area contributed by atoms with Gasteiger partial charge in [0, 0.05) is 19.5 Å². The Morgan fingerprint density at radius 3 is 2.29 bits per heavy atom. The predicted molar refractivity (Wildman–Crippen MR) is 67.0 cm³/mol. The molecule has 0 saturated heterocycles. The molecule has 3 N–H and O–H groups in total. The number of hydrogen-bond acceptors (Lipinski definition) is 2. The average Bonchev–Trinajstić information content (AvgIpc) is 2.22. The molecule has 0 aliphatic heterocycles. The number of carbonyl (C=O) groups excluding carboxylic acids is 1. The van der Waals surface area contributed by atoms with Crippen LogP contribution in [0.15, 0.2) is 0 Å². The van der Waals surface area contributed by atoms with Crippen LogP contribution in [0, 0.1) is 5.92 Å². The Hall–Kier alpha value is -1.26. The van der Waals surface area contributed by atoms with E-state index in [-0.39, 0.29) is 12.5 Å². The summed E-state index contributed by atoms with van der Waals surface area (Å²) in [5.74, 6) is -0.171. The fourth-order valence-corrected chi connectivity index (χ4v) is 1.32. The van der Waals surface area contributed by atoms with E-state index < -0.39 is 5.97 Å². The summed E-state index contributed by atoms with van der Waals surface area (Å²) in [6, 6.07) is -0.135. The first-order valence-corrected chi connectivity index (χ1v) is 6.26. The molecular formula is C12H24N2O3. The molecule has 0 radical (unpaired) electrons. The highest BCUT2D eigenvalue weighted by Crippen LogP contribution is 1.98. The maximum absolute atomic E-state index is 11.2. The summed E-state index contributed by atoms with van der Waals surface area (Å²) >= 11 is 0. The van der Waals surface area contributed by atoms with Crippen molar-refractivity contribution >= 4 is 12.0 Å². The van der Waals surface area contributed by atoms with Crippen molar-refractivity contribution in [2.45, 2.75) is 46.0 Å². The van der Waals surface area contributed by atoms with Gasteiger partial charge in [0.15, 0.2) is 0 Å². The lowest BCUT2D eigenvalue weighted by molar-refractivity contribution is -0.137. The topological polar surface area (TPSA) is 78.4 Å². The summed E-state index contributed by atoms with van der Waals surface area (Å²) in [5.41, 5.74) is 0. The molecule has 0 rings (SSSR count). The number of nitrogens with one attached hydrogen (secondary N) is 2. The molecule has 0 fully saturated rings. The molecular weight excluding hydrogens is 220 g/mol. The maximum atomic E-state index is 11.2.